The van der Waals surface area contributed by atoms with E-state index in [1.807, 2.05) is 55.5 Å². The third kappa shape index (κ3) is 3.87. The van der Waals surface area contributed by atoms with Crippen molar-refractivity contribution in [3.8, 4) is 11.4 Å². The Bertz CT molecular complexity index is 841. The van der Waals surface area contributed by atoms with Crippen molar-refractivity contribution in [1.29, 1.82) is 0 Å². The maximum Gasteiger partial charge on any atom is 0.246 e. The van der Waals surface area contributed by atoms with E-state index in [9.17, 15) is 4.79 Å². The van der Waals surface area contributed by atoms with Gasteiger partial charge >= 0.3 is 0 Å². The molecule has 0 saturated carbocycles. The minimum absolute atomic E-state index is 0.0716. The number of rotatable bonds is 5. The SMILES string of the molecule is Cc1ccc(CC(=O)NCc2nc(-c3ccccc3)no2)cc1C. The highest BCUT2D eigenvalue weighted by Gasteiger charge is 2.10. The average molecular weight is 321 g/mol. The predicted molar refractivity (Wildman–Crippen MR) is 91.2 cm³/mol. The van der Waals surface area contributed by atoms with Gasteiger partial charge in [0.2, 0.25) is 17.6 Å². The van der Waals surface area contributed by atoms with Gasteiger partial charge in [0.15, 0.2) is 0 Å². The number of amides is 1. The lowest BCUT2D eigenvalue weighted by Gasteiger charge is -2.05. The number of benzene rings is 2. The lowest BCUT2D eigenvalue weighted by atomic mass is 10.0. The first kappa shape index (κ1) is 15.9. The molecule has 3 rings (SSSR count). The molecular formula is C19H19N3O2. The van der Waals surface area contributed by atoms with Crippen LogP contribution >= 0.6 is 0 Å². The van der Waals surface area contributed by atoms with Crippen molar-refractivity contribution in [2.45, 2.75) is 26.8 Å². The second-order valence-corrected chi connectivity index (χ2v) is 5.75. The van der Waals surface area contributed by atoms with Crippen LogP contribution in [-0.4, -0.2) is 16.0 Å². The zero-order chi connectivity index (χ0) is 16.9. The number of aromatic nitrogens is 2. The van der Waals surface area contributed by atoms with E-state index in [0.717, 1.165) is 11.1 Å². The second-order valence-electron chi connectivity index (χ2n) is 5.75. The van der Waals surface area contributed by atoms with E-state index in [-0.39, 0.29) is 12.5 Å². The highest BCUT2D eigenvalue weighted by molar-refractivity contribution is 5.78. The van der Waals surface area contributed by atoms with Crippen LogP contribution in [0.1, 0.15) is 22.6 Å². The van der Waals surface area contributed by atoms with Crippen molar-refractivity contribution in [2.75, 3.05) is 0 Å². The van der Waals surface area contributed by atoms with Gasteiger partial charge in [-0.2, -0.15) is 4.98 Å². The second kappa shape index (κ2) is 7.08. The van der Waals surface area contributed by atoms with E-state index >= 15 is 0 Å². The van der Waals surface area contributed by atoms with Crippen molar-refractivity contribution in [3.05, 3.63) is 71.1 Å². The quantitative estimate of drug-likeness (QED) is 0.783. The highest BCUT2D eigenvalue weighted by Crippen LogP contribution is 2.14. The van der Waals surface area contributed by atoms with Crippen molar-refractivity contribution in [2.24, 2.45) is 0 Å². The molecule has 0 fully saturated rings. The van der Waals surface area contributed by atoms with Crippen LogP contribution in [-0.2, 0) is 17.8 Å². The molecule has 0 radical (unpaired) electrons. The first-order valence-electron chi connectivity index (χ1n) is 7.82. The number of hydrogen-bond donors (Lipinski definition) is 1. The molecule has 1 N–H and O–H groups in total. The Morgan fingerprint density at radius 1 is 1.08 bits per heavy atom. The molecule has 0 atom stereocenters. The van der Waals surface area contributed by atoms with Crippen molar-refractivity contribution < 1.29 is 9.32 Å². The molecule has 24 heavy (non-hydrogen) atoms. The van der Waals surface area contributed by atoms with Gasteiger partial charge in [-0.15, -0.1) is 0 Å². The standard InChI is InChI=1S/C19H19N3O2/c1-13-8-9-15(10-14(13)2)11-17(23)20-12-18-21-19(22-24-18)16-6-4-3-5-7-16/h3-10H,11-12H2,1-2H3,(H,20,23). The fraction of sp³-hybridized carbons (Fsp3) is 0.211. The maximum absolute atomic E-state index is 12.1. The van der Waals surface area contributed by atoms with E-state index < -0.39 is 0 Å². The lowest BCUT2D eigenvalue weighted by Crippen LogP contribution is -2.24. The van der Waals surface area contributed by atoms with Crippen LogP contribution < -0.4 is 5.32 Å². The fourth-order valence-electron chi connectivity index (χ4n) is 2.37. The lowest BCUT2D eigenvalue weighted by molar-refractivity contribution is -0.120. The Labute approximate surface area is 140 Å². The van der Waals surface area contributed by atoms with Gasteiger partial charge in [-0.3, -0.25) is 4.79 Å². The molecule has 5 nitrogen and oxygen atoms in total. The molecule has 3 aromatic rings. The van der Waals surface area contributed by atoms with E-state index in [1.54, 1.807) is 0 Å². The summed E-state index contributed by atoms with van der Waals surface area (Å²) in [7, 11) is 0. The Kier molecular flexibility index (Phi) is 4.70. The molecule has 0 aliphatic rings. The van der Waals surface area contributed by atoms with Crippen LogP contribution in [0.15, 0.2) is 53.1 Å². The van der Waals surface area contributed by atoms with Crippen molar-refractivity contribution in [3.63, 3.8) is 0 Å². The number of hydrogen-bond acceptors (Lipinski definition) is 4. The van der Waals surface area contributed by atoms with E-state index in [4.69, 9.17) is 4.52 Å². The van der Waals surface area contributed by atoms with Gasteiger partial charge in [-0.25, -0.2) is 0 Å². The number of nitrogens with zero attached hydrogens (tertiary/aromatic N) is 2. The topological polar surface area (TPSA) is 68.0 Å². The van der Waals surface area contributed by atoms with E-state index in [1.165, 1.54) is 11.1 Å². The molecule has 0 saturated heterocycles. The molecule has 122 valence electrons. The number of nitrogens with one attached hydrogen (secondary N) is 1. The summed E-state index contributed by atoms with van der Waals surface area (Å²) in [5.74, 6) is 0.842. The van der Waals surface area contributed by atoms with Crippen LogP contribution in [0.25, 0.3) is 11.4 Å². The van der Waals surface area contributed by atoms with Gasteiger partial charge in [0.25, 0.3) is 0 Å². The fourth-order valence-corrected chi connectivity index (χ4v) is 2.37. The third-order valence-corrected chi connectivity index (χ3v) is 3.87. The number of carbonyl (C=O) groups excluding carboxylic acids is 1. The summed E-state index contributed by atoms with van der Waals surface area (Å²) in [6, 6.07) is 15.6. The molecule has 0 bridgehead atoms. The summed E-state index contributed by atoms with van der Waals surface area (Å²) in [5.41, 5.74) is 4.28. The smallest absolute Gasteiger partial charge is 0.246 e. The number of aryl methyl sites for hydroxylation is 2. The first-order valence-corrected chi connectivity index (χ1v) is 7.82. The molecule has 0 aliphatic heterocycles. The zero-order valence-electron chi connectivity index (χ0n) is 13.7. The molecule has 2 aromatic carbocycles. The molecule has 0 aliphatic carbocycles. The molecular weight excluding hydrogens is 302 g/mol. The molecule has 0 spiro atoms. The van der Waals surface area contributed by atoms with Crippen LogP contribution in [0.3, 0.4) is 0 Å². The summed E-state index contributed by atoms with van der Waals surface area (Å²) in [6.45, 7) is 4.32. The normalized spacial score (nSPS) is 10.6. The molecule has 1 amide bonds. The van der Waals surface area contributed by atoms with Crippen LogP contribution in [0.4, 0.5) is 0 Å². The monoisotopic (exact) mass is 321 g/mol. The Morgan fingerprint density at radius 3 is 2.62 bits per heavy atom. The predicted octanol–water partition coefficient (Wildman–Crippen LogP) is 3.21. The van der Waals surface area contributed by atoms with Crippen LogP contribution in [0.2, 0.25) is 0 Å². The van der Waals surface area contributed by atoms with Gasteiger partial charge in [0.1, 0.15) is 0 Å². The first-order chi connectivity index (χ1) is 11.6. The molecule has 5 heteroatoms. The average Bonchev–Trinajstić information content (AvgIpc) is 3.06. The molecule has 1 aromatic heterocycles. The Morgan fingerprint density at radius 2 is 1.88 bits per heavy atom. The highest BCUT2D eigenvalue weighted by atomic mass is 16.5. The summed E-state index contributed by atoms with van der Waals surface area (Å²) in [4.78, 5) is 16.4. The minimum Gasteiger partial charge on any atom is -0.347 e. The Balaban J connectivity index is 1.56. The van der Waals surface area contributed by atoms with Gasteiger partial charge in [0.05, 0.1) is 13.0 Å². The Hall–Kier alpha value is -2.95. The summed E-state index contributed by atoms with van der Waals surface area (Å²) in [6.07, 6.45) is 0.334. The minimum atomic E-state index is -0.0716. The third-order valence-electron chi connectivity index (χ3n) is 3.87. The summed E-state index contributed by atoms with van der Waals surface area (Å²) in [5, 5.41) is 6.74. The van der Waals surface area contributed by atoms with E-state index in [2.05, 4.69) is 22.4 Å². The van der Waals surface area contributed by atoms with Gasteiger partial charge in [0, 0.05) is 5.56 Å². The van der Waals surface area contributed by atoms with Gasteiger partial charge < -0.3 is 9.84 Å². The summed E-state index contributed by atoms with van der Waals surface area (Å²) < 4.78 is 5.18. The van der Waals surface area contributed by atoms with Gasteiger partial charge in [-0.1, -0.05) is 53.7 Å². The molecule has 1 heterocycles. The zero-order valence-corrected chi connectivity index (χ0v) is 13.7. The summed E-state index contributed by atoms with van der Waals surface area (Å²) >= 11 is 0. The van der Waals surface area contributed by atoms with Crippen LogP contribution in [0, 0.1) is 13.8 Å². The van der Waals surface area contributed by atoms with Crippen molar-refractivity contribution in [1.82, 2.24) is 15.5 Å². The molecule has 0 unspecified atom stereocenters. The number of carbonyl (C=O) groups is 1. The van der Waals surface area contributed by atoms with E-state index in [0.29, 0.717) is 18.1 Å². The van der Waals surface area contributed by atoms with Gasteiger partial charge in [-0.05, 0) is 30.5 Å². The largest absolute Gasteiger partial charge is 0.347 e. The van der Waals surface area contributed by atoms with Crippen molar-refractivity contribution >= 4 is 5.91 Å². The maximum atomic E-state index is 12.1. The van der Waals surface area contributed by atoms with Crippen LogP contribution in [0.5, 0.6) is 0 Å².